The van der Waals surface area contributed by atoms with E-state index in [1.54, 1.807) is 18.2 Å². The van der Waals surface area contributed by atoms with Crippen LogP contribution in [-0.4, -0.2) is 16.1 Å². The van der Waals surface area contributed by atoms with Gasteiger partial charge in [0.25, 0.3) is 5.91 Å². The predicted octanol–water partition coefficient (Wildman–Crippen LogP) is 1.98. The van der Waals surface area contributed by atoms with Crippen molar-refractivity contribution in [2.24, 2.45) is 0 Å². The Bertz CT molecular complexity index is 453. The second-order valence-electron chi connectivity index (χ2n) is 2.67. The van der Waals surface area contributed by atoms with Gasteiger partial charge in [-0.15, -0.1) is 10.2 Å². The molecule has 0 aromatic carbocycles. The van der Waals surface area contributed by atoms with E-state index >= 15 is 0 Å². The topological polar surface area (TPSA) is 68.0 Å². The fourth-order valence-electron chi connectivity index (χ4n) is 0.968. The van der Waals surface area contributed by atoms with Gasteiger partial charge in [0.2, 0.25) is 0 Å². The average molecular weight is 224 g/mol. The van der Waals surface area contributed by atoms with Gasteiger partial charge >= 0.3 is 0 Å². The highest BCUT2D eigenvalue weighted by atomic mass is 35.5. The van der Waals surface area contributed by atoms with E-state index in [1.807, 2.05) is 0 Å². The molecule has 0 fully saturated rings. The van der Waals surface area contributed by atoms with Gasteiger partial charge in [-0.3, -0.25) is 4.79 Å². The normalized spacial score (nSPS) is 9.93. The SMILES string of the molecule is O=C(Nc1ccc(Cl)nn1)c1ccco1. The standard InChI is InChI=1S/C9H6ClN3O2/c10-7-3-4-8(13-12-7)11-9(14)6-2-1-5-15-6/h1-5H,(H,11,13,14). The Hall–Kier alpha value is -1.88. The van der Waals surface area contributed by atoms with Crippen LogP contribution in [0.25, 0.3) is 0 Å². The number of rotatable bonds is 2. The van der Waals surface area contributed by atoms with Crippen molar-refractivity contribution in [1.82, 2.24) is 10.2 Å². The zero-order chi connectivity index (χ0) is 10.7. The highest BCUT2D eigenvalue weighted by Crippen LogP contribution is 2.08. The minimum Gasteiger partial charge on any atom is -0.459 e. The van der Waals surface area contributed by atoms with Gasteiger partial charge < -0.3 is 9.73 Å². The number of amides is 1. The van der Waals surface area contributed by atoms with Crippen LogP contribution >= 0.6 is 11.6 Å². The van der Waals surface area contributed by atoms with Crippen LogP contribution in [0.4, 0.5) is 5.82 Å². The number of hydrogen-bond acceptors (Lipinski definition) is 4. The summed E-state index contributed by atoms with van der Waals surface area (Å²) in [6.07, 6.45) is 1.42. The fourth-order valence-corrected chi connectivity index (χ4v) is 1.07. The zero-order valence-corrected chi connectivity index (χ0v) is 8.23. The van der Waals surface area contributed by atoms with Gasteiger partial charge in [0, 0.05) is 0 Å². The van der Waals surface area contributed by atoms with Gasteiger partial charge in [-0.25, -0.2) is 0 Å². The summed E-state index contributed by atoms with van der Waals surface area (Å²) < 4.78 is 4.90. The largest absolute Gasteiger partial charge is 0.459 e. The molecule has 0 aliphatic heterocycles. The molecule has 0 unspecified atom stereocenters. The number of furan rings is 1. The quantitative estimate of drug-likeness (QED) is 0.845. The molecule has 2 aromatic heterocycles. The van der Waals surface area contributed by atoms with Gasteiger partial charge in [0.05, 0.1) is 6.26 Å². The van der Waals surface area contributed by atoms with Crippen LogP contribution in [-0.2, 0) is 0 Å². The molecule has 2 rings (SSSR count). The van der Waals surface area contributed by atoms with Crippen LogP contribution in [0.5, 0.6) is 0 Å². The molecule has 0 aliphatic carbocycles. The van der Waals surface area contributed by atoms with Gasteiger partial charge in [0.15, 0.2) is 16.7 Å². The summed E-state index contributed by atoms with van der Waals surface area (Å²) in [6, 6.07) is 6.27. The lowest BCUT2D eigenvalue weighted by Gasteiger charge is -2.00. The van der Waals surface area contributed by atoms with Gasteiger partial charge in [-0.2, -0.15) is 0 Å². The van der Waals surface area contributed by atoms with Crippen LogP contribution in [0.3, 0.4) is 0 Å². The summed E-state index contributed by atoms with van der Waals surface area (Å²) in [5.41, 5.74) is 0. The molecule has 6 heteroatoms. The maximum atomic E-state index is 11.5. The number of nitrogens with one attached hydrogen (secondary N) is 1. The third-order valence-corrected chi connectivity index (χ3v) is 1.82. The van der Waals surface area contributed by atoms with E-state index in [4.69, 9.17) is 16.0 Å². The molecule has 0 saturated carbocycles. The molecule has 0 aliphatic rings. The Morgan fingerprint density at radius 3 is 2.80 bits per heavy atom. The molecule has 0 atom stereocenters. The van der Waals surface area contributed by atoms with Crippen LogP contribution in [0, 0.1) is 0 Å². The van der Waals surface area contributed by atoms with E-state index in [2.05, 4.69) is 15.5 Å². The Balaban J connectivity index is 2.09. The second-order valence-corrected chi connectivity index (χ2v) is 3.06. The molecule has 5 nitrogen and oxygen atoms in total. The smallest absolute Gasteiger partial charge is 0.292 e. The summed E-state index contributed by atoms with van der Waals surface area (Å²) in [5.74, 6) is 0.157. The number of halogens is 1. The van der Waals surface area contributed by atoms with Crippen molar-refractivity contribution in [3.63, 3.8) is 0 Å². The minimum atomic E-state index is -0.378. The van der Waals surface area contributed by atoms with Crippen LogP contribution in [0.1, 0.15) is 10.6 Å². The Labute approximate surface area is 90.1 Å². The summed E-state index contributed by atoms with van der Waals surface area (Å²) >= 11 is 5.54. The molecule has 1 amide bonds. The first-order valence-corrected chi connectivity index (χ1v) is 4.47. The van der Waals surface area contributed by atoms with Crippen LogP contribution < -0.4 is 5.32 Å². The second kappa shape index (κ2) is 4.10. The van der Waals surface area contributed by atoms with Crippen LogP contribution in [0.2, 0.25) is 5.15 Å². The number of anilines is 1. The van der Waals surface area contributed by atoms with E-state index < -0.39 is 0 Å². The fraction of sp³-hybridized carbons (Fsp3) is 0. The van der Waals surface area contributed by atoms with Gasteiger partial charge in [0.1, 0.15) is 0 Å². The van der Waals surface area contributed by atoms with Crippen molar-refractivity contribution >= 4 is 23.3 Å². The monoisotopic (exact) mass is 223 g/mol. The average Bonchev–Trinajstić information content (AvgIpc) is 2.74. The lowest BCUT2D eigenvalue weighted by Crippen LogP contribution is -2.12. The van der Waals surface area contributed by atoms with E-state index in [-0.39, 0.29) is 16.8 Å². The van der Waals surface area contributed by atoms with Crippen molar-refractivity contribution in [1.29, 1.82) is 0 Å². The number of nitrogens with zero attached hydrogens (tertiary/aromatic N) is 2. The van der Waals surface area contributed by atoms with Gasteiger partial charge in [-0.05, 0) is 24.3 Å². The van der Waals surface area contributed by atoms with Crippen molar-refractivity contribution in [2.75, 3.05) is 5.32 Å². The number of aromatic nitrogens is 2. The molecule has 0 spiro atoms. The summed E-state index contributed by atoms with van der Waals surface area (Å²) in [6.45, 7) is 0. The highest BCUT2D eigenvalue weighted by Gasteiger charge is 2.09. The molecular weight excluding hydrogens is 218 g/mol. The zero-order valence-electron chi connectivity index (χ0n) is 7.48. The molecule has 0 radical (unpaired) electrons. The third-order valence-electron chi connectivity index (χ3n) is 1.62. The molecule has 15 heavy (non-hydrogen) atoms. The van der Waals surface area contributed by atoms with Crippen LogP contribution in [0.15, 0.2) is 34.9 Å². The van der Waals surface area contributed by atoms with Crippen molar-refractivity contribution in [3.05, 3.63) is 41.4 Å². The predicted molar refractivity (Wildman–Crippen MR) is 53.7 cm³/mol. The molecule has 1 N–H and O–H groups in total. The molecule has 2 heterocycles. The number of hydrogen-bond donors (Lipinski definition) is 1. The summed E-state index contributed by atoms with van der Waals surface area (Å²) in [4.78, 5) is 11.5. The van der Waals surface area contributed by atoms with Gasteiger partial charge in [-0.1, -0.05) is 11.6 Å². The van der Waals surface area contributed by atoms with E-state index in [9.17, 15) is 4.79 Å². The van der Waals surface area contributed by atoms with Crippen molar-refractivity contribution in [3.8, 4) is 0 Å². The Kier molecular flexibility index (Phi) is 2.64. The Morgan fingerprint density at radius 1 is 1.33 bits per heavy atom. The first-order valence-electron chi connectivity index (χ1n) is 4.10. The molecule has 0 bridgehead atoms. The Morgan fingerprint density at radius 2 is 2.20 bits per heavy atom. The van der Waals surface area contributed by atoms with E-state index in [0.717, 1.165) is 0 Å². The molecule has 2 aromatic rings. The molecular formula is C9H6ClN3O2. The number of carbonyl (C=O) groups is 1. The van der Waals surface area contributed by atoms with E-state index in [1.165, 1.54) is 12.3 Å². The summed E-state index contributed by atoms with van der Waals surface area (Å²) in [7, 11) is 0. The lowest BCUT2D eigenvalue weighted by molar-refractivity contribution is 0.0996. The third kappa shape index (κ3) is 2.32. The minimum absolute atomic E-state index is 0.215. The van der Waals surface area contributed by atoms with Crippen molar-refractivity contribution < 1.29 is 9.21 Å². The first kappa shape index (κ1) is 9.67. The lowest BCUT2D eigenvalue weighted by atomic mass is 10.4. The highest BCUT2D eigenvalue weighted by molar-refractivity contribution is 6.29. The molecule has 76 valence electrons. The molecule has 0 saturated heterocycles. The van der Waals surface area contributed by atoms with E-state index in [0.29, 0.717) is 5.82 Å². The number of carbonyl (C=O) groups excluding carboxylic acids is 1. The first-order chi connectivity index (χ1) is 7.25. The summed E-state index contributed by atoms with van der Waals surface area (Å²) in [5, 5.41) is 10.0. The maximum Gasteiger partial charge on any atom is 0.292 e. The van der Waals surface area contributed by atoms with Crippen molar-refractivity contribution in [2.45, 2.75) is 0 Å². The maximum absolute atomic E-state index is 11.5.